The predicted molar refractivity (Wildman–Crippen MR) is 99.9 cm³/mol. The Kier molecular flexibility index (Phi) is 12.7. The fourth-order valence-corrected chi connectivity index (χ4v) is 2.18. The summed E-state index contributed by atoms with van der Waals surface area (Å²) in [6.07, 6.45) is 4.26. The minimum atomic E-state index is -0.440. The average Bonchev–Trinajstić information content (AvgIpc) is 2.58. The number of rotatable bonds is 10. The molecular formula is C19H34N3O2+. The SMILES string of the molecule is CC.Cc1ccc(CCCC(=O)NCCCCC(N)[N+](C)=O)cc1. The number of nitrogens with two attached hydrogens (primary N) is 1. The number of nitroso groups, excluding NO2 is 1. The zero-order valence-corrected chi connectivity index (χ0v) is 15.7. The van der Waals surface area contributed by atoms with Crippen molar-refractivity contribution in [1.82, 2.24) is 5.32 Å². The first-order chi connectivity index (χ1) is 11.5. The molecule has 1 aromatic carbocycles. The van der Waals surface area contributed by atoms with Crippen LogP contribution in [0.15, 0.2) is 24.3 Å². The maximum absolute atomic E-state index is 11.7. The van der Waals surface area contributed by atoms with Crippen LogP contribution in [0.1, 0.15) is 57.1 Å². The van der Waals surface area contributed by atoms with Crippen molar-refractivity contribution in [3.8, 4) is 0 Å². The molecule has 0 aliphatic rings. The van der Waals surface area contributed by atoms with Crippen molar-refractivity contribution >= 4 is 5.91 Å². The van der Waals surface area contributed by atoms with Crippen LogP contribution in [0.2, 0.25) is 0 Å². The summed E-state index contributed by atoms with van der Waals surface area (Å²) in [5.74, 6) is 0.0948. The molecule has 0 fully saturated rings. The standard InChI is InChI=1S/C17H27N3O2.C2H6/c1-14-9-11-15(12-10-14)6-5-8-17(21)19-13-4-3-7-16(18)20(2)22;1-2/h9-12,16H,3-8,13,18H2,1-2H3;1-2H3/p+1. The molecule has 0 aliphatic carbocycles. The average molecular weight is 336 g/mol. The van der Waals surface area contributed by atoms with Gasteiger partial charge in [0.2, 0.25) is 5.91 Å². The van der Waals surface area contributed by atoms with E-state index in [0.717, 1.165) is 30.4 Å². The first kappa shape index (κ1) is 22.2. The molecule has 5 heteroatoms. The molecule has 1 rings (SSSR count). The largest absolute Gasteiger partial charge is 0.356 e. The molecule has 0 aliphatic heterocycles. The molecular weight excluding hydrogens is 302 g/mol. The lowest BCUT2D eigenvalue weighted by atomic mass is 10.1. The minimum absolute atomic E-state index is 0.0948. The summed E-state index contributed by atoms with van der Waals surface area (Å²) >= 11 is 0. The molecule has 3 N–H and O–H groups in total. The second kappa shape index (κ2) is 13.7. The smallest absolute Gasteiger partial charge is 0.251 e. The predicted octanol–water partition coefficient (Wildman–Crippen LogP) is 3.32. The van der Waals surface area contributed by atoms with Crippen molar-refractivity contribution in [2.45, 2.75) is 65.5 Å². The van der Waals surface area contributed by atoms with Gasteiger partial charge in [0.15, 0.2) is 7.05 Å². The first-order valence-electron chi connectivity index (χ1n) is 8.97. The van der Waals surface area contributed by atoms with Crippen molar-refractivity contribution in [1.29, 1.82) is 0 Å². The van der Waals surface area contributed by atoms with Gasteiger partial charge in [-0.3, -0.25) is 10.5 Å². The van der Waals surface area contributed by atoms with E-state index < -0.39 is 6.17 Å². The van der Waals surface area contributed by atoms with Gasteiger partial charge in [0, 0.05) is 29.1 Å². The summed E-state index contributed by atoms with van der Waals surface area (Å²) in [5.41, 5.74) is 8.14. The van der Waals surface area contributed by atoms with Crippen molar-refractivity contribution in [2.75, 3.05) is 13.6 Å². The Morgan fingerprint density at radius 3 is 2.38 bits per heavy atom. The molecule has 0 radical (unpaired) electrons. The van der Waals surface area contributed by atoms with E-state index in [1.165, 1.54) is 18.2 Å². The Balaban J connectivity index is 0.00000254. The Bertz CT molecular complexity index is 472. The maximum Gasteiger partial charge on any atom is 0.251 e. The van der Waals surface area contributed by atoms with Gasteiger partial charge in [-0.05, 0) is 38.2 Å². The topological polar surface area (TPSA) is 75.2 Å². The van der Waals surface area contributed by atoms with Crippen LogP contribution in [0, 0.1) is 11.8 Å². The summed E-state index contributed by atoms with van der Waals surface area (Å²) in [6, 6.07) is 8.42. The third kappa shape index (κ3) is 10.9. The number of unbranched alkanes of at least 4 members (excludes halogenated alkanes) is 1. The van der Waals surface area contributed by atoms with E-state index in [-0.39, 0.29) is 5.91 Å². The molecule has 5 nitrogen and oxygen atoms in total. The lowest BCUT2D eigenvalue weighted by molar-refractivity contribution is -0.558. The first-order valence-corrected chi connectivity index (χ1v) is 8.97. The van der Waals surface area contributed by atoms with E-state index >= 15 is 0 Å². The van der Waals surface area contributed by atoms with E-state index in [9.17, 15) is 9.70 Å². The third-order valence-corrected chi connectivity index (χ3v) is 3.71. The molecule has 1 amide bonds. The number of amides is 1. The number of aryl methyl sites for hydroxylation is 2. The van der Waals surface area contributed by atoms with Gasteiger partial charge in [-0.25, -0.2) is 0 Å². The summed E-state index contributed by atoms with van der Waals surface area (Å²) in [5, 5.41) is 2.91. The highest BCUT2D eigenvalue weighted by molar-refractivity contribution is 5.75. The van der Waals surface area contributed by atoms with Crippen molar-refractivity contribution in [2.24, 2.45) is 5.73 Å². The number of hydrogen-bond acceptors (Lipinski definition) is 3. The third-order valence-electron chi connectivity index (χ3n) is 3.71. The van der Waals surface area contributed by atoms with Crippen LogP contribution in [-0.4, -0.2) is 30.4 Å². The number of carbonyl (C=O) groups excluding carboxylic acids is 1. The van der Waals surface area contributed by atoms with E-state index in [1.54, 1.807) is 0 Å². The maximum atomic E-state index is 11.7. The summed E-state index contributed by atoms with van der Waals surface area (Å²) < 4.78 is 0.768. The molecule has 1 aromatic rings. The van der Waals surface area contributed by atoms with Crippen molar-refractivity contribution < 1.29 is 9.55 Å². The molecule has 0 saturated carbocycles. The van der Waals surface area contributed by atoms with E-state index in [1.807, 2.05) is 13.8 Å². The summed E-state index contributed by atoms with van der Waals surface area (Å²) in [6.45, 7) is 6.72. The van der Waals surface area contributed by atoms with Gasteiger partial charge >= 0.3 is 0 Å². The Hall–Kier alpha value is -1.75. The minimum Gasteiger partial charge on any atom is -0.356 e. The molecule has 1 unspecified atom stereocenters. The lowest BCUT2D eigenvalue weighted by Crippen LogP contribution is -2.30. The van der Waals surface area contributed by atoms with Crippen LogP contribution in [0.5, 0.6) is 0 Å². The molecule has 0 heterocycles. The normalized spacial score (nSPS) is 11.2. The molecule has 0 bridgehead atoms. The van der Waals surface area contributed by atoms with Gasteiger partial charge in [-0.15, -0.1) is 0 Å². The lowest BCUT2D eigenvalue weighted by Gasteiger charge is -2.06. The van der Waals surface area contributed by atoms with Crippen LogP contribution >= 0.6 is 0 Å². The van der Waals surface area contributed by atoms with Gasteiger partial charge in [0.05, 0.1) is 0 Å². The second-order valence-electron chi connectivity index (χ2n) is 5.80. The number of nitrogens with one attached hydrogen (secondary N) is 1. The number of hydrogen-bond donors (Lipinski definition) is 2. The molecule has 0 spiro atoms. The molecule has 0 saturated heterocycles. The van der Waals surface area contributed by atoms with Gasteiger partial charge in [-0.1, -0.05) is 43.7 Å². The van der Waals surface area contributed by atoms with Crippen LogP contribution in [0.4, 0.5) is 0 Å². The van der Waals surface area contributed by atoms with Gasteiger partial charge in [0.1, 0.15) is 0 Å². The summed E-state index contributed by atoms with van der Waals surface area (Å²) in [4.78, 5) is 22.6. The fraction of sp³-hybridized carbons (Fsp3) is 0.632. The molecule has 1 atom stereocenters. The van der Waals surface area contributed by atoms with Crippen LogP contribution in [0.3, 0.4) is 0 Å². The Morgan fingerprint density at radius 2 is 1.79 bits per heavy atom. The number of carbonyl (C=O) groups is 1. The quantitative estimate of drug-likeness (QED) is 0.391. The zero-order chi connectivity index (χ0) is 18.4. The van der Waals surface area contributed by atoms with E-state index in [4.69, 9.17) is 5.73 Å². The van der Waals surface area contributed by atoms with Crippen LogP contribution in [-0.2, 0) is 11.2 Å². The number of benzene rings is 1. The number of nitrogens with zero attached hydrogens (tertiary/aromatic N) is 1. The zero-order valence-electron chi connectivity index (χ0n) is 15.7. The molecule has 0 aromatic heterocycles. The highest BCUT2D eigenvalue weighted by Crippen LogP contribution is 2.07. The van der Waals surface area contributed by atoms with E-state index in [2.05, 4.69) is 36.5 Å². The fourth-order valence-electron chi connectivity index (χ4n) is 2.18. The Labute approximate surface area is 146 Å². The molecule has 136 valence electrons. The van der Waals surface area contributed by atoms with E-state index in [0.29, 0.717) is 19.4 Å². The van der Waals surface area contributed by atoms with Crippen molar-refractivity contribution in [3.05, 3.63) is 40.3 Å². The van der Waals surface area contributed by atoms with Crippen LogP contribution in [0.25, 0.3) is 0 Å². The van der Waals surface area contributed by atoms with Crippen LogP contribution < -0.4 is 11.1 Å². The van der Waals surface area contributed by atoms with Gasteiger partial charge < -0.3 is 5.32 Å². The monoisotopic (exact) mass is 336 g/mol. The highest BCUT2D eigenvalue weighted by Gasteiger charge is 2.13. The molecule has 24 heavy (non-hydrogen) atoms. The summed E-state index contributed by atoms with van der Waals surface area (Å²) in [7, 11) is 1.43. The van der Waals surface area contributed by atoms with Crippen molar-refractivity contribution in [3.63, 3.8) is 0 Å². The second-order valence-corrected chi connectivity index (χ2v) is 5.80. The van der Waals surface area contributed by atoms with Gasteiger partial charge in [0.25, 0.3) is 6.17 Å². The van der Waals surface area contributed by atoms with Gasteiger partial charge in [-0.2, -0.15) is 0 Å². The Morgan fingerprint density at radius 1 is 1.17 bits per heavy atom. The highest BCUT2D eigenvalue weighted by atomic mass is 16.3.